The summed E-state index contributed by atoms with van der Waals surface area (Å²) in [6.45, 7) is 7.36. The molecule has 7 nitrogen and oxygen atoms in total. The zero-order valence-corrected chi connectivity index (χ0v) is 18.2. The number of hydrogen-bond donors (Lipinski definition) is 0. The van der Waals surface area contributed by atoms with Crippen molar-refractivity contribution in [3.8, 4) is 0 Å². The smallest absolute Gasteiger partial charge is 0.264 e. The second-order valence-corrected chi connectivity index (χ2v) is 9.48. The summed E-state index contributed by atoms with van der Waals surface area (Å²) in [6.07, 6.45) is 7.58. The fourth-order valence-corrected chi connectivity index (χ4v) is 5.33. The van der Waals surface area contributed by atoms with Gasteiger partial charge in [0.25, 0.3) is 5.91 Å². The molecule has 0 radical (unpaired) electrons. The van der Waals surface area contributed by atoms with E-state index in [4.69, 9.17) is 5.10 Å². The van der Waals surface area contributed by atoms with Crippen LogP contribution in [0.2, 0.25) is 0 Å². The Morgan fingerprint density at radius 3 is 2.60 bits per heavy atom. The standard InChI is InChI=1S/C22H26N6OS/c1-16(2)28-14-17-13-27(20(29)18-5-3-12-30-18)15-22(19(17)25-28)6-10-26(11-7-22)21-23-8-4-9-24-21/h3-5,8-9,12,14,16H,6-7,10-11,13,15H2,1-2H3. The van der Waals surface area contributed by atoms with Gasteiger partial charge in [0.2, 0.25) is 5.95 Å². The zero-order chi connectivity index (χ0) is 20.7. The molecule has 1 fully saturated rings. The number of hydrogen-bond acceptors (Lipinski definition) is 6. The van der Waals surface area contributed by atoms with Crippen molar-refractivity contribution in [3.63, 3.8) is 0 Å². The van der Waals surface area contributed by atoms with Crippen LogP contribution < -0.4 is 4.90 Å². The van der Waals surface area contributed by atoms with Crippen LogP contribution in [0, 0.1) is 0 Å². The molecule has 0 atom stereocenters. The van der Waals surface area contributed by atoms with Gasteiger partial charge in [-0.05, 0) is 44.2 Å². The van der Waals surface area contributed by atoms with E-state index in [2.05, 4.69) is 39.6 Å². The van der Waals surface area contributed by atoms with Crippen LogP contribution >= 0.6 is 11.3 Å². The van der Waals surface area contributed by atoms with E-state index in [9.17, 15) is 4.79 Å². The largest absolute Gasteiger partial charge is 0.341 e. The lowest BCUT2D eigenvalue weighted by molar-refractivity contribution is 0.0648. The molecule has 1 amide bonds. The van der Waals surface area contributed by atoms with Crippen molar-refractivity contribution in [2.24, 2.45) is 0 Å². The summed E-state index contributed by atoms with van der Waals surface area (Å²) in [4.78, 5) is 27.1. The topological polar surface area (TPSA) is 67.2 Å². The van der Waals surface area contributed by atoms with Crippen LogP contribution in [0.5, 0.6) is 0 Å². The first-order chi connectivity index (χ1) is 14.6. The van der Waals surface area contributed by atoms with E-state index in [-0.39, 0.29) is 11.3 Å². The van der Waals surface area contributed by atoms with E-state index in [0.29, 0.717) is 12.6 Å². The molecule has 3 aromatic rings. The van der Waals surface area contributed by atoms with Gasteiger partial charge in [-0.3, -0.25) is 9.48 Å². The van der Waals surface area contributed by atoms with Gasteiger partial charge in [0.15, 0.2) is 0 Å². The van der Waals surface area contributed by atoms with E-state index in [1.807, 2.05) is 28.5 Å². The maximum Gasteiger partial charge on any atom is 0.264 e. The van der Waals surface area contributed by atoms with E-state index in [1.165, 1.54) is 22.6 Å². The molecular formula is C22H26N6OS. The summed E-state index contributed by atoms with van der Waals surface area (Å²) in [5.41, 5.74) is 2.25. The number of carbonyl (C=O) groups excluding carboxylic acids is 1. The SMILES string of the molecule is CC(C)n1cc2c(n1)C1(CCN(c3ncccn3)CC1)CN(C(=O)c1cccs1)C2. The van der Waals surface area contributed by atoms with Crippen LogP contribution in [0.25, 0.3) is 0 Å². The first-order valence-corrected chi connectivity index (χ1v) is 11.4. The third-order valence-corrected chi connectivity index (χ3v) is 7.13. The molecular weight excluding hydrogens is 396 g/mol. The maximum atomic E-state index is 13.2. The van der Waals surface area contributed by atoms with Gasteiger partial charge in [-0.25, -0.2) is 9.97 Å². The molecule has 0 unspecified atom stereocenters. The highest BCUT2D eigenvalue weighted by atomic mass is 32.1. The number of carbonyl (C=O) groups is 1. The molecule has 30 heavy (non-hydrogen) atoms. The van der Waals surface area contributed by atoms with Crippen molar-refractivity contribution in [1.29, 1.82) is 0 Å². The first kappa shape index (κ1) is 19.2. The number of piperidine rings is 1. The van der Waals surface area contributed by atoms with Crippen LogP contribution in [0.4, 0.5) is 5.95 Å². The lowest BCUT2D eigenvalue weighted by Gasteiger charge is -2.46. The van der Waals surface area contributed by atoms with Gasteiger partial charge >= 0.3 is 0 Å². The normalized spacial score (nSPS) is 18.1. The predicted molar refractivity (Wildman–Crippen MR) is 117 cm³/mol. The van der Waals surface area contributed by atoms with Crippen LogP contribution in [-0.2, 0) is 12.0 Å². The molecule has 5 heterocycles. The fourth-order valence-electron chi connectivity index (χ4n) is 4.64. The lowest BCUT2D eigenvalue weighted by atomic mass is 9.72. The second-order valence-electron chi connectivity index (χ2n) is 8.53. The monoisotopic (exact) mass is 422 g/mol. The Balaban J connectivity index is 1.46. The van der Waals surface area contributed by atoms with E-state index >= 15 is 0 Å². The molecule has 8 heteroatoms. The highest BCUT2D eigenvalue weighted by molar-refractivity contribution is 7.12. The second kappa shape index (κ2) is 7.50. The number of anilines is 1. The van der Waals surface area contributed by atoms with Crippen LogP contribution in [0.3, 0.4) is 0 Å². The summed E-state index contributed by atoms with van der Waals surface area (Å²) >= 11 is 1.51. The molecule has 2 aliphatic heterocycles. The van der Waals surface area contributed by atoms with E-state index in [1.54, 1.807) is 12.4 Å². The van der Waals surface area contributed by atoms with Crippen molar-refractivity contribution >= 4 is 23.2 Å². The van der Waals surface area contributed by atoms with Gasteiger partial charge in [0.1, 0.15) is 0 Å². The molecule has 0 saturated carbocycles. The Morgan fingerprint density at radius 2 is 1.93 bits per heavy atom. The summed E-state index contributed by atoms with van der Waals surface area (Å²) in [5.74, 6) is 0.906. The molecule has 5 rings (SSSR count). The Morgan fingerprint density at radius 1 is 1.17 bits per heavy atom. The molecule has 0 N–H and O–H groups in total. The number of aromatic nitrogens is 4. The minimum absolute atomic E-state index is 0.119. The van der Waals surface area contributed by atoms with Gasteiger partial charge in [-0.1, -0.05) is 6.07 Å². The Bertz CT molecular complexity index is 1020. The third kappa shape index (κ3) is 3.29. The Labute approximate surface area is 180 Å². The fraction of sp³-hybridized carbons (Fsp3) is 0.455. The molecule has 156 valence electrons. The number of rotatable bonds is 3. The average molecular weight is 423 g/mol. The van der Waals surface area contributed by atoms with Crippen molar-refractivity contribution in [1.82, 2.24) is 24.6 Å². The number of amides is 1. The van der Waals surface area contributed by atoms with Gasteiger partial charge in [-0.15, -0.1) is 11.3 Å². The molecule has 0 bridgehead atoms. The highest BCUT2D eigenvalue weighted by Crippen LogP contribution is 2.42. The van der Waals surface area contributed by atoms with Crippen molar-refractivity contribution in [2.75, 3.05) is 24.5 Å². The van der Waals surface area contributed by atoms with Crippen molar-refractivity contribution in [3.05, 3.63) is 58.3 Å². The molecule has 1 saturated heterocycles. The van der Waals surface area contributed by atoms with Crippen LogP contribution in [-0.4, -0.2) is 50.2 Å². The van der Waals surface area contributed by atoms with Crippen LogP contribution in [0.15, 0.2) is 42.2 Å². The summed E-state index contributed by atoms with van der Waals surface area (Å²) in [6, 6.07) is 6.00. The molecule has 0 aliphatic carbocycles. The van der Waals surface area contributed by atoms with E-state index < -0.39 is 0 Å². The van der Waals surface area contributed by atoms with Gasteiger partial charge in [0.05, 0.1) is 10.6 Å². The Hall–Kier alpha value is -2.74. The number of thiophene rings is 1. The molecule has 0 aromatic carbocycles. The highest BCUT2D eigenvalue weighted by Gasteiger charge is 2.46. The summed E-state index contributed by atoms with van der Waals surface area (Å²) < 4.78 is 2.05. The number of fused-ring (bicyclic) bond motifs is 2. The first-order valence-electron chi connectivity index (χ1n) is 10.5. The lowest BCUT2D eigenvalue weighted by Crippen LogP contribution is -2.53. The molecule has 3 aromatic heterocycles. The number of nitrogens with zero attached hydrogens (tertiary/aromatic N) is 6. The maximum absolute atomic E-state index is 13.2. The van der Waals surface area contributed by atoms with Gasteiger partial charge in [0, 0.05) is 61.8 Å². The van der Waals surface area contributed by atoms with Crippen LogP contribution in [0.1, 0.15) is 53.7 Å². The minimum Gasteiger partial charge on any atom is -0.341 e. The van der Waals surface area contributed by atoms with E-state index in [0.717, 1.165) is 43.3 Å². The minimum atomic E-state index is -0.119. The Kier molecular flexibility index (Phi) is 4.81. The van der Waals surface area contributed by atoms with Gasteiger partial charge < -0.3 is 9.80 Å². The molecule has 2 aliphatic rings. The quantitative estimate of drug-likeness (QED) is 0.646. The zero-order valence-electron chi connectivity index (χ0n) is 17.4. The summed E-state index contributed by atoms with van der Waals surface area (Å²) in [7, 11) is 0. The summed E-state index contributed by atoms with van der Waals surface area (Å²) in [5, 5.41) is 6.98. The third-order valence-electron chi connectivity index (χ3n) is 6.27. The average Bonchev–Trinajstić information content (AvgIpc) is 3.45. The van der Waals surface area contributed by atoms with Crippen molar-refractivity contribution in [2.45, 2.75) is 44.7 Å². The predicted octanol–water partition coefficient (Wildman–Crippen LogP) is 3.51. The van der Waals surface area contributed by atoms with Gasteiger partial charge in [-0.2, -0.15) is 5.10 Å². The van der Waals surface area contributed by atoms with Crippen molar-refractivity contribution < 1.29 is 4.79 Å². The molecule has 1 spiro atoms.